The zero-order chi connectivity index (χ0) is 25.8. The molecule has 0 spiro atoms. The van der Waals surface area contributed by atoms with Crippen molar-refractivity contribution < 1.29 is 21.6 Å². The summed E-state index contributed by atoms with van der Waals surface area (Å²) in [5.74, 6) is -0.657. The lowest BCUT2D eigenvalue weighted by Gasteiger charge is -2.38. The Morgan fingerprint density at radius 2 is 1.39 bits per heavy atom. The van der Waals surface area contributed by atoms with Crippen LogP contribution in [0.4, 0.5) is 5.69 Å². The fourth-order valence-corrected chi connectivity index (χ4v) is 7.00. The van der Waals surface area contributed by atoms with E-state index >= 15 is 0 Å². The van der Waals surface area contributed by atoms with E-state index in [1.54, 1.807) is 60.7 Å². The first kappa shape index (κ1) is 25.5. The van der Waals surface area contributed by atoms with Gasteiger partial charge in [0.2, 0.25) is 26.0 Å². The summed E-state index contributed by atoms with van der Waals surface area (Å²) in [5, 5.41) is 11.5. The van der Waals surface area contributed by atoms with Gasteiger partial charge in [0.25, 0.3) is 0 Å². The van der Waals surface area contributed by atoms with Crippen LogP contribution in [0.2, 0.25) is 0 Å². The van der Waals surface area contributed by atoms with Gasteiger partial charge in [0.05, 0.1) is 22.3 Å². The molecule has 0 aromatic heterocycles. The van der Waals surface area contributed by atoms with Gasteiger partial charge in [-0.3, -0.25) is 4.79 Å². The van der Waals surface area contributed by atoms with Crippen LogP contribution in [0.5, 0.6) is 0 Å². The molecule has 4 rings (SSSR count). The Morgan fingerprint density at radius 3 is 1.94 bits per heavy atom. The highest BCUT2D eigenvalue weighted by Gasteiger charge is 2.43. The molecular formula is C25H24N4O5S2. The van der Waals surface area contributed by atoms with Crippen LogP contribution >= 0.6 is 0 Å². The van der Waals surface area contributed by atoms with Crippen molar-refractivity contribution >= 4 is 31.6 Å². The van der Waals surface area contributed by atoms with E-state index in [4.69, 9.17) is 5.26 Å². The van der Waals surface area contributed by atoms with E-state index in [0.717, 1.165) is 14.2 Å². The predicted octanol–water partition coefficient (Wildman–Crippen LogP) is 2.46. The van der Waals surface area contributed by atoms with Crippen molar-refractivity contribution in [2.75, 3.05) is 25.0 Å². The molecule has 3 aromatic rings. The largest absolute Gasteiger partial charge is 0.325 e. The number of piperazine rings is 1. The number of nitrogens with zero attached hydrogens (tertiary/aromatic N) is 3. The molecule has 1 aliphatic rings. The van der Waals surface area contributed by atoms with Crippen molar-refractivity contribution in [1.29, 1.82) is 5.26 Å². The number of nitrogens with one attached hydrogen (secondary N) is 1. The Labute approximate surface area is 210 Å². The lowest BCUT2D eigenvalue weighted by atomic mass is 10.1. The number of rotatable bonds is 7. The van der Waals surface area contributed by atoms with Crippen molar-refractivity contribution in [2.24, 2.45) is 0 Å². The molecular weight excluding hydrogens is 500 g/mol. The molecule has 1 aliphatic heterocycles. The molecule has 0 unspecified atom stereocenters. The molecule has 0 radical (unpaired) electrons. The molecule has 186 valence electrons. The first-order valence-corrected chi connectivity index (χ1v) is 14.0. The third kappa shape index (κ3) is 5.32. The maximum absolute atomic E-state index is 13.4. The van der Waals surface area contributed by atoms with E-state index in [0.29, 0.717) is 5.69 Å². The average molecular weight is 525 g/mol. The van der Waals surface area contributed by atoms with Crippen molar-refractivity contribution in [3.05, 3.63) is 90.5 Å². The van der Waals surface area contributed by atoms with Gasteiger partial charge in [-0.1, -0.05) is 48.5 Å². The Morgan fingerprint density at radius 1 is 0.833 bits per heavy atom. The van der Waals surface area contributed by atoms with E-state index < -0.39 is 32.0 Å². The Hall–Kier alpha value is -3.56. The number of hydrogen-bond donors (Lipinski definition) is 1. The fraction of sp³-hybridized carbons (Fsp3) is 0.200. The molecule has 0 aliphatic carbocycles. The summed E-state index contributed by atoms with van der Waals surface area (Å²) in [6.45, 7) is -0.639. The quantitative estimate of drug-likeness (QED) is 0.506. The maximum atomic E-state index is 13.4. The van der Waals surface area contributed by atoms with Gasteiger partial charge in [0, 0.05) is 25.3 Å². The van der Waals surface area contributed by atoms with Gasteiger partial charge in [0.1, 0.15) is 6.04 Å². The van der Waals surface area contributed by atoms with E-state index in [1.807, 2.05) is 6.07 Å². The van der Waals surface area contributed by atoms with E-state index in [-0.39, 0.29) is 35.8 Å². The second kappa shape index (κ2) is 10.6. The van der Waals surface area contributed by atoms with E-state index in [1.165, 1.54) is 24.3 Å². The summed E-state index contributed by atoms with van der Waals surface area (Å²) in [5.41, 5.74) is 1.17. The minimum atomic E-state index is -4.08. The molecule has 1 amide bonds. The minimum Gasteiger partial charge on any atom is -0.325 e. The molecule has 0 bridgehead atoms. The first-order valence-electron chi connectivity index (χ1n) is 11.1. The van der Waals surface area contributed by atoms with Crippen LogP contribution in [0.25, 0.3) is 0 Å². The van der Waals surface area contributed by atoms with Crippen molar-refractivity contribution in [3.8, 4) is 6.07 Å². The van der Waals surface area contributed by atoms with Crippen LogP contribution in [-0.2, 0) is 31.3 Å². The number of sulfonamides is 2. The zero-order valence-electron chi connectivity index (χ0n) is 19.2. The number of carbonyl (C=O) groups excluding carboxylic acids is 1. The third-order valence-electron chi connectivity index (χ3n) is 5.83. The Balaban J connectivity index is 1.66. The summed E-state index contributed by atoms with van der Waals surface area (Å²) in [4.78, 5) is 13.5. The summed E-state index contributed by atoms with van der Waals surface area (Å²) < 4.78 is 55.6. The standard InChI is InChI=1S/C25H24N4O5S2/c26-16-15-20-11-13-21(14-12-20)27-25(30)24-19-28(35(31,32)22-7-3-1-4-8-22)17-18-29(24)36(33,34)23-9-5-2-6-10-23/h1-14,24H,15,17-19H2,(H,27,30)/t24-/m0/s1. The van der Waals surface area contributed by atoms with Gasteiger partial charge in [-0.15, -0.1) is 0 Å². The number of amides is 1. The SMILES string of the molecule is N#CCc1ccc(NC(=O)[C@@H]2CN(S(=O)(=O)c3ccccc3)CCN2S(=O)(=O)c2ccccc2)cc1. The highest BCUT2D eigenvalue weighted by atomic mass is 32.2. The normalized spacial score (nSPS) is 17.2. The van der Waals surface area contributed by atoms with Crippen LogP contribution < -0.4 is 5.32 Å². The number of nitriles is 1. The number of carbonyl (C=O) groups is 1. The summed E-state index contributed by atoms with van der Waals surface area (Å²) in [7, 11) is -8.03. The highest BCUT2D eigenvalue weighted by Crippen LogP contribution is 2.26. The second-order valence-electron chi connectivity index (χ2n) is 8.14. The molecule has 1 heterocycles. The molecule has 11 heteroatoms. The number of hydrogen-bond acceptors (Lipinski definition) is 6. The minimum absolute atomic E-state index is 0.0167. The highest BCUT2D eigenvalue weighted by molar-refractivity contribution is 7.89. The molecule has 36 heavy (non-hydrogen) atoms. The Bertz CT molecular complexity index is 1470. The lowest BCUT2D eigenvalue weighted by Crippen LogP contribution is -2.60. The van der Waals surface area contributed by atoms with Gasteiger partial charge < -0.3 is 5.32 Å². The lowest BCUT2D eigenvalue weighted by molar-refractivity contribution is -0.120. The van der Waals surface area contributed by atoms with Crippen LogP contribution in [-0.4, -0.2) is 57.0 Å². The monoisotopic (exact) mass is 524 g/mol. The number of benzene rings is 3. The van der Waals surface area contributed by atoms with E-state index in [9.17, 15) is 21.6 Å². The zero-order valence-corrected chi connectivity index (χ0v) is 20.8. The van der Waals surface area contributed by atoms with Gasteiger partial charge >= 0.3 is 0 Å². The maximum Gasteiger partial charge on any atom is 0.244 e. The molecule has 0 saturated carbocycles. The summed E-state index contributed by atoms with van der Waals surface area (Å²) in [6.07, 6.45) is 0.215. The van der Waals surface area contributed by atoms with Crippen molar-refractivity contribution in [1.82, 2.24) is 8.61 Å². The predicted molar refractivity (Wildman–Crippen MR) is 134 cm³/mol. The van der Waals surface area contributed by atoms with Gasteiger partial charge in [-0.25, -0.2) is 16.8 Å². The summed E-state index contributed by atoms with van der Waals surface area (Å²) >= 11 is 0. The molecule has 1 fully saturated rings. The van der Waals surface area contributed by atoms with Crippen molar-refractivity contribution in [2.45, 2.75) is 22.3 Å². The molecule has 1 N–H and O–H groups in total. The van der Waals surface area contributed by atoms with Crippen LogP contribution in [0.3, 0.4) is 0 Å². The molecule has 3 aromatic carbocycles. The average Bonchev–Trinajstić information content (AvgIpc) is 2.90. The molecule has 9 nitrogen and oxygen atoms in total. The van der Waals surface area contributed by atoms with Gasteiger partial charge in [-0.2, -0.15) is 13.9 Å². The molecule has 1 atom stereocenters. The van der Waals surface area contributed by atoms with Gasteiger partial charge in [0.15, 0.2) is 0 Å². The first-order chi connectivity index (χ1) is 17.2. The second-order valence-corrected chi connectivity index (χ2v) is 12.0. The number of anilines is 1. The van der Waals surface area contributed by atoms with Crippen LogP contribution in [0, 0.1) is 11.3 Å². The summed E-state index contributed by atoms with van der Waals surface area (Å²) in [6, 6.07) is 22.9. The fourth-order valence-electron chi connectivity index (χ4n) is 3.95. The van der Waals surface area contributed by atoms with Crippen LogP contribution in [0.15, 0.2) is 94.7 Å². The Kier molecular flexibility index (Phi) is 7.51. The van der Waals surface area contributed by atoms with Crippen molar-refractivity contribution in [3.63, 3.8) is 0 Å². The van der Waals surface area contributed by atoms with Gasteiger partial charge in [-0.05, 0) is 42.0 Å². The van der Waals surface area contributed by atoms with E-state index in [2.05, 4.69) is 5.32 Å². The molecule has 1 saturated heterocycles. The smallest absolute Gasteiger partial charge is 0.244 e. The topological polar surface area (TPSA) is 128 Å². The van der Waals surface area contributed by atoms with Crippen LogP contribution in [0.1, 0.15) is 5.56 Å². The third-order valence-corrected chi connectivity index (χ3v) is 9.63.